The molecule has 0 bridgehead atoms. The minimum Gasteiger partial charge on any atom is -0.459 e. The highest BCUT2D eigenvalue weighted by molar-refractivity contribution is 5.95. The maximum Gasteiger partial charge on any atom is 0.323 e. The number of amides is 1. The highest BCUT2D eigenvalue weighted by Crippen LogP contribution is 2.20. The molecule has 0 spiro atoms. The second-order valence-electron chi connectivity index (χ2n) is 8.12. The van der Waals surface area contributed by atoms with Crippen LogP contribution in [0.15, 0.2) is 24.3 Å². The molecule has 1 atom stereocenters. The van der Waals surface area contributed by atoms with Crippen LogP contribution >= 0.6 is 12.4 Å². The summed E-state index contributed by atoms with van der Waals surface area (Å²) >= 11 is 0. The van der Waals surface area contributed by atoms with Crippen LogP contribution in [0.3, 0.4) is 0 Å². The number of anilines is 1. The fourth-order valence-corrected chi connectivity index (χ4v) is 2.93. The van der Waals surface area contributed by atoms with E-state index < -0.39 is 17.6 Å². The number of piperazine rings is 1. The fraction of sp³-hybridized carbons (Fsp3) is 0.600. The SMILES string of the molecule is CC(C)N1CCN(c2ccc(CC(N)C(=O)OC(C)(C)C)cc2)C(=O)C1.Cl. The van der Waals surface area contributed by atoms with Gasteiger partial charge in [-0.05, 0) is 58.7 Å². The number of ether oxygens (including phenoxy) is 1. The molecule has 1 aliphatic rings. The Morgan fingerprint density at radius 2 is 1.78 bits per heavy atom. The van der Waals surface area contributed by atoms with Crippen molar-refractivity contribution in [3.63, 3.8) is 0 Å². The third-order valence-electron chi connectivity index (χ3n) is 4.39. The van der Waals surface area contributed by atoms with Crippen molar-refractivity contribution in [3.8, 4) is 0 Å². The summed E-state index contributed by atoms with van der Waals surface area (Å²) in [7, 11) is 0. The van der Waals surface area contributed by atoms with E-state index in [0.717, 1.165) is 17.8 Å². The Morgan fingerprint density at radius 1 is 1.19 bits per heavy atom. The molecule has 1 heterocycles. The Kier molecular flexibility index (Phi) is 8.26. The summed E-state index contributed by atoms with van der Waals surface area (Å²) in [6, 6.07) is 7.35. The molecular formula is C20H32ClN3O3. The second-order valence-corrected chi connectivity index (χ2v) is 8.12. The van der Waals surface area contributed by atoms with Crippen molar-refractivity contribution in [1.82, 2.24) is 4.90 Å². The van der Waals surface area contributed by atoms with Gasteiger partial charge in [0.05, 0.1) is 6.54 Å². The van der Waals surface area contributed by atoms with Crippen molar-refractivity contribution in [2.75, 3.05) is 24.5 Å². The van der Waals surface area contributed by atoms with Gasteiger partial charge in [0.1, 0.15) is 11.6 Å². The van der Waals surface area contributed by atoms with Crippen LogP contribution in [0.25, 0.3) is 0 Å². The zero-order valence-corrected chi connectivity index (χ0v) is 17.7. The van der Waals surface area contributed by atoms with Crippen molar-refractivity contribution >= 4 is 30.0 Å². The lowest BCUT2D eigenvalue weighted by Gasteiger charge is -2.36. The quantitative estimate of drug-likeness (QED) is 0.772. The topological polar surface area (TPSA) is 75.9 Å². The summed E-state index contributed by atoms with van der Waals surface area (Å²) in [5.74, 6) is -0.287. The Balaban J connectivity index is 0.00000364. The number of halogens is 1. The van der Waals surface area contributed by atoms with Gasteiger partial charge in [-0.2, -0.15) is 0 Å². The van der Waals surface area contributed by atoms with Gasteiger partial charge >= 0.3 is 5.97 Å². The predicted octanol–water partition coefficient (Wildman–Crippen LogP) is 2.38. The number of hydrogen-bond donors (Lipinski definition) is 1. The molecule has 1 amide bonds. The summed E-state index contributed by atoms with van der Waals surface area (Å²) in [6.45, 7) is 11.7. The van der Waals surface area contributed by atoms with E-state index in [1.807, 2.05) is 49.9 Å². The maximum atomic E-state index is 12.4. The fourth-order valence-electron chi connectivity index (χ4n) is 2.93. The minimum absolute atomic E-state index is 0. The Hall–Kier alpha value is -1.63. The Labute approximate surface area is 168 Å². The number of nitrogens with two attached hydrogens (primary N) is 1. The van der Waals surface area contributed by atoms with Gasteiger partial charge in [-0.1, -0.05) is 12.1 Å². The van der Waals surface area contributed by atoms with E-state index in [9.17, 15) is 9.59 Å². The molecule has 1 fully saturated rings. The Bertz CT molecular complexity index is 641. The van der Waals surface area contributed by atoms with Gasteiger partial charge < -0.3 is 15.4 Å². The average Bonchev–Trinajstić information content (AvgIpc) is 2.54. The zero-order valence-electron chi connectivity index (χ0n) is 16.9. The molecular weight excluding hydrogens is 366 g/mol. The molecule has 2 N–H and O–H groups in total. The highest BCUT2D eigenvalue weighted by atomic mass is 35.5. The first kappa shape index (κ1) is 23.4. The van der Waals surface area contributed by atoms with Crippen LogP contribution in [-0.4, -0.2) is 54.1 Å². The van der Waals surface area contributed by atoms with Crippen LogP contribution in [0.1, 0.15) is 40.2 Å². The van der Waals surface area contributed by atoms with E-state index >= 15 is 0 Å². The minimum atomic E-state index is -0.698. The van der Waals surface area contributed by atoms with E-state index in [0.29, 0.717) is 25.6 Å². The van der Waals surface area contributed by atoms with E-state index in [2.05, 4.69) is 18.7 Å². The van der Waals surface area contributed by atoms with Crippen LogP contribution in [-0.2, 0) is 20.7 Å². The van der Waals surface area contributed by atoms with Gasteiger partial charge in [0.15, 0.2) is 0 Å². The van der Waals surface area contributed by atoms with E-state index in [-0.39, 0.29) is 18.3 Å². The number of carbonyl (C=O) groups is 2. The van der Waals surface area contributed by atoms with Crippen molar-refractivity contribution in [2.45, 2.75) is 58.7 Å². The molecule has 7 heteroatoms. The van der Waals surface area contributed by atoms with Gasteiger partial charge in [0.2, 0.25) is 5.91 Å². The molecule has 0 radical (unpaired) electrons. The van der Waals surface area contributed by atoms with E-state index in [4.69, 9.17) is 10.5 Å². The number of esters is 1. The highest BCUT2D eigenvalue weighted by Gasteiger charge is 2.26. The summed E-state index contributed by atoms with van der Waals surface area (Å²) in [5.41, 5.74) is 7.24. The first-order valence-electron chi connectivity index (χ1n) is 9.18. The van der Waals surface area contributed by atoms with Crippen molar-refractivity contribution in [1.29, 1.82) is 0 Å². The summed E-state index contributed by atoms with van der Waals surface area (Å²) in [4.78, 5) is 28.4. The van der Waals surface area contributed by atoms with Crippen molar-refractivity contribution in [2.24, 2.45) is 5.73 Å². The third kappa shape index (κ3) is 6.79. The van der Waals surface area contributed by atoms with Crippen LogP contribution in [0.2, 0.25) is 0 Å². The van der Waals surface area contributed by atoms with Gasteiger partial charge in [-0.25, -0.2) is 0 Å². The molecule has 6 nitrogen and oxygen atoms in total. The molecule has 2 rings (SSSR count). The zero-order chi connectivity index (χ0) is 19.5. The van der Waals surface area contributed by atoms with Crippen molar-refractivity contribution < 1.29 is 14.3 Å². The van der Waals surface area contributed by atoms with E-state index in [1.165, 1.54) is 0 Å². The second kappa shape index (κ2) is 9.53. The van der Waals surface area contributed by atoms with Gasteiger partial charge in [-0.15, -0.1) is 12.4 Å². The molecule has 152 valence electrons. The number of benzene rings is 1. The molecule has 27 heavy (non-hydrogen) atoms. The molecule has 1 saturated heterocycles. The van der Waals surface area contributed by atoms with Crippen LogP contribution in [0.4, 0.5) is 5.69 Å². The monoisotopic (exact) mass is 397 g/mol. The molecule has 1 aromatic carbocycles. The molecule has 1 aromatic rings. The smallest absolute Gasteiger partial charge is 0.323 e. The van der Waals surface area contributed by atoms with Crippen LogP contribution in [0.5, 0.6) is 0 Å². The maximum absolute atomic E-state index is 12.4. The van der Waals surface area contributed by atoms with Crippen LogP contribution < -0.4 is 10.6 Å². The largest absolute Gasteiger partial charge is 0.459 e. The number of rotatable bonds is 5. The van der Waals surface area contributed by atoms with Gasteiger partial charge in [0, 0.05) is 24.8 Å². The van der Waals surface area contributed by atoms with Gasteiger partial charge in [-0.3, -0.25) is 14.5 Å². The van der Waals surface area contributed by atoms with E-state index in [1.54, 1.807) is 0 Å². The summed E-state index contributed by atoms with van der Waals surface area (Å²) in [5, 5.41) is 0. The molecule has 1 unspecified atom stereocenters. The third-order valence-corrected chi connectivity index (χ3v) is 4.39. The average molecular weight is 398 g/mol. The Morgan fingerprint density at radius 3 is 2.26 bits per heavy atom. The summed E-state index contributed by atoms with van der Waals surface area (Å²) in [6.07, 6.45) is 0.407. The van der Waals surface area contributed by atoms with Crippen molar-refractivity contribution in [3.05, 3.63) is 29.8 Å². The standard InChI is InChI=1S/C20H31N3O3.ClH/c1-14(2)22-10-11-23(18(24)13-22)16-8-6-15(7-9-16)12-17(21)19(25)26-20(3,4)5;/h6-9,14,17H,10-13,21H2,1-5H3;1H. The number of hydrogen-bond acceptors (Lipinski definition) is 5. The molecule has 0 aliphatic carbocycles. The lowest BCUT2D eigenvalue weighted by molar-refractivity contribution is -0.156. The van der Waals surface area contributed by atoms with Gasteiger partial charge in [0.25, 0.3) is 0 Å². The number of nitrogens with zero attached hydrogens (tertiary/aromatic N) is 2. The first-order chi connectivity index (χ1) is 12.1. The lowest BCUT2D eigenvalue weighted by Crippen LogP contribution is -2.52. The molecule has 1 aliphatic heterocycles. The predicted molar refractivity (Wildman–Crippen MR) is 110 cm³/mol. The molecule has 0 saturated carbocycles. The number of carbonyl (C=O) groups excluding carboxylic acids is 2. The molecule has 0 aromatic heterocycles. The lowest BCUT2D eigenvalue weighted by atomic mass is 10.1. The first-order valence-corrected chi connectivity index (χ1v) is 9.18. The normalized spacial score (nSPS) is 16.9. The van der Waals surface area contributed by atoms with Crippen LogP contribution in [0, 0.1) is 0 Å². The summed E-state index contributed by atoms with van der Waals surface area (Å²) < 4.78 is 5.31.